The lowest BCUT2D eigenvalue weighted by atomic mass is 10.2. The number of benzene rings is 1. The van der Waals surface area contributed by atoms with Gasteiger partial charge < -0.3 is 20.1 Å². The Morgan fingerprint density at radius 3 is 2.21 bits per heavy atom. The van der Waals surface area contributed by atoms with E-state index < -0.39 is 10.0 Å². The molecule has 3 N–H and O–H groups in total. The summed E-state index contributed by atoms with van der Waals surface area (Å²) in [5.74, 6) is 0.699. The second-order valence-corrected chi connectivity index (χ2v) is 8.84. The first-order chi connectivity index (χ1) is 13.6. The standard InChI is InChI=1S/C19H30N4O4S.HI/c1-20-19(22-13-16-4-2-10-26-16)21-12-15-6-8-18(9-7-15)28(24,25)23-14-17-5-3-11-27-17;/h6-9,16-17,23H,2-5,10-14H2,1H3,(H2,20,21,22);1H. The highest BCUT2D eigenvalue weighted by molar-refractivity contribution is 14.0. The number of halogens is 1. The zero-order valence-corrected chi connectivity index (χ0v) is 19.9. The van der Waals surface area contributed by atoms with Crippen LogP contribution in [0, 0.1) is 0 Å². The topological polar surface area (TPSA) is 101 Å². The molecule has 0 saturated carbocycles. The van der Waals surface area contributed by atoms with Crippen molar-refractivity contribution in [3.8, 4) is 0 Å². The molecule has 0 aromatic heterocycles. The Hall–Kier alpha value is -0.950. The summed E-state index contributed by atoms with van der Waals surface area (Å²) < 4.78 is 38.5. The quantitative estimate of drug-likeness (QED) is 0.264. The maximum absolute atomic E-state index is 12.4. The predicted molar refractivity (Wildman–Crippen MR) is 123 cm³/mol. The average Bonchev–Trinajstić information content (AvgIpc) is 3.41. The molecule has 1 aromatic rings. The van der Waals surface area contributed by atoms with Gasteiger partial charge in [0.1, 0.15) is 0 Å². The van der Waals surface area contributed by atoms with E-state index in [0.29, 0.717) is 25.7 Å². The molecule has 29 heavy (non-hydrogen) atoms. The number of rotatable bonds is 8. The summed E-state index contributed by atoms with van der Waals surface area (Å²) >= 11 is 0. The number of hydrogen-bond acceptors (Lipinski definition) is 5. The predicted octanol–water partition coefficient (Wildman–Crippen LogP) is 1.61. The number of nitrogens with zero attached hydrogens (tertiary/aromatic N) is 1. The van der Waals surface area contributed by atoms with Crippen molar-refractivity contribution in [2.45, 2.75) is 49.3 Å². The van der Waals surface area contributed by atoms with E-state index in [1.54, 1.807) is 31.3 Å². The third-order valence-corrected chi connectivity index (χ3v) is 6.40. The van der Waals surface area contributed by atoms with Gasteiger partial charge in [-0.1, -0.05) is 12.1 Å². The van der Waals surface area contributed by atoms with Crippen LogP contribution in [0.3, 0.4) is 0 Å². The molecule has 3 rings (SSSR count). The molecule has 0 spiro atoms. The Morgan fingerprint density at radius 1 is 1.03 bits per heavy atom. The van der Waals surface area contributed by atoms with Gasteiger partial charge in [-0.3, -0.25) is 4.99 Å². The Balaban J connectivity index is 0.00000300. The van der Waals surface area contributed by atoms with Gasteiger partial charge in [-0.25, -0.2) is 13.1 Å². The van der Waals surface area contributed by atoms with Gasteiger partial charge in [0.25, 0.3) is 0 Å². The number of hydrogen-bond donors (Lipinski definition) is 3. The maximum Gasteiger partial charge on any atom is 0.240 e. The van der Waals surface area contributed by atoms with Crippen LogP contribution in [-0.2, 0) is 26.0 Å². The molecule has 2 atom stereocenters. The van der Waals surface area contributed by atoms with E-state index in [9.17, 15) is 8.42 Å². The monoisotopic (exact) mass is 538 g/mol. The molecule has 2 aliphatic rings. The fourth-order valence-electron chi connectivity index (χ4n) is 3.30. The van der Waals surface area contributed by atoms with Crippen LogP contribution in [0.2, 0.25) is 0 Å². The summed E-state index contributed by atoms with van der Waals surface area (Å²) in [7, 11) is -1.80. The molecule has 8 nitrogen and oxygen atoms in total. The molecular formula is C19H31IN4O4S. The highest BCUT2D eigenvalue weighted by atomic mass is 127. The minimum atomic E-state index is -3.52. The first-order valence-corrected chi connectivity index (χ1v) is 11.3. The van der Waals surface area contributed by atoms with Crippen molar-refractivity contribution in [3.05, 3.63) is 29.8 Å². The zero-order valence-electron chi connectivity index (χ0n) is 16.7. The maximum atomic E-state index is 12.4. The number of guanidine groups is 1. The average molecular weight is 538 g/mol. The van der Waals surface area contributed by atoms with Crippen molar-refractivity contribution < 1.29 is 17.9 Å². The molecule has 0 amide bonds. The van der Waals surface area contributed by atoms with Crippen LogP contribution in [0.25, 0.3) is 0 Å². The molecule has 1 aromatic carbocycles. The van der Waals surface area contributed by atoms with Crippen LogP contribution in [-0.4, -0.2) is 59.9 Å². The van der Waals surface area contributed by atoms with Crippen LogP contribution in [0.1, 0.15) is 31.2 Å². The van der Waals surface area contributed by atoms with Crippen molar-refractivity contribution in [1.29, 1.82) is 0 Å². The summed E-state index contributed by atoms with van der Waals surface area (Å²) in [6, 6.07) is 6.86. The summed E-state index contributed by atoms with van der Waals surface area (Å²) in [5, 5.41) is 6.49. The fourth-order valence-corrected chi connectivity index (χ4v) is 4.37. The highest BCUT2D eigenvalue weighted by Gasteiger charge is 2.20. The third-order valence-electron chi connectivity index (χ3n) is 4.96. The molecule has 2 heterocycles. The molecule has 10 heteroatoms. The third kappa shape index (κ3) is 7.67. The molecule has 0 bridgehead atoms. The van der Waals surface area contributed by atoms with Crippen LogP contribution in [0.4, 0.5) is 0 Å². The van der Waals surface area contributed by atoms with E-state index >= 15 is 0 Å². The summed E-state index contributed by atoms with van der Waals surface area (Å²) in [6.07, 6.45) is 4.28. The first kappa shape index (κ1) is 24.3. The number of aliphatic imine (C=N–C) groups is 1. The van der Waals surface area contributed by atoms with Crippen LogP contribution < -0.4 is 15.4 Å². The Kier molecular flexibility index (Phi) is 10.1. The number of sulfonamides is 1. The van der Waals surface area contributed by atoms with Gasteiger partial charge in [-0.2, -0.15) is 0 Å². The molecule has 2 unspecified atom stereocenters. The van der Waals surface area contributed by atoms with Gasteiger partial charge in [-0.15, -0.1) is 24.0 Å². The molecule has 2 aliphatic heterocycles. The second kappa shape index (κ2) is 12.0. The van der Waals surface area contributed by atoms with E-state index in [4.69, 9.17) is 9.47 Å². The minimum absolute atomic E-state index is 0. The van der Waals surface area contributed by atoms with Crippen LogP contribution in [0.5, 0.6) is 0 Å². The Labute approximate surface area is 190 Å². The number of ether oxygens (including phenoxy) is 2. The Bertz CT molecular complexity index is 746. The van der Waals surface area contributed by atoms with Gasteiger partial charge in [0.15, 0.2) is 5.96 Å². The van der Waals surface area contributed by atoms with Gasteiger partial charge in [0, 0.05) is 39.9 Å². The summed E-state index contributed by atoms with van der Waals surface area (Å²) in [6.45, 7) is 3.14. The van der Waals surface area contributed by atoms with E-state index in [1.807, 2.05) is 0 Å². The minimum Gasteiger partial charge on any atom is -0.377 e. The molecule has 0 radical (unpaired) electrons. The molecule has 0 aliphatic carbocycles. The van der Waals surface area contributed by atoms with Gasteiger partial charge in [0.2, 0.25) is 10.0 Å². The fraction of sp³-hybridized carbons (Fsp3) is 0.632. The smallest absolute Gasteiger partial charge is 0.240 e. The lowest BCUT2D eigenvalue weighted by molar-refractivity contribution is 0.113. The number of nitrogens with one attached hydrogen (secondary N) is 3. The van der Waals surface area contributed by atoms with Crippen molar-refractivity contribution in [3.63, 3.8) is 0 Å². The van der Waals surface area contributed by atoms with Crippen molar-refractivity contribution in [1.82, 2.24) is 15.4 Å². The lowest BCUT2D eigenvalue weighted by Crippen LogP contribution is -2.40. The molecule has 2 saturated heterocycles. The van der Waals surface area contributed by atoms with Gasteiger partial charge in [-0.05, 0) is 43.4 Å². The highest BCUT2D eigenvalue weighted by Crippen LogP contribution is 2.14. The van der Waals surface area contributed by atoms with Crippen molar-refractivity contribution in [2.75, 3.05) is 33.4 Å². The van der Waals surface area contributed by atoms with Crippen LogP contribution >= 0.6 is 24.0 Å². The lowest BCUT2D eigenvalue weighted by Gasteiger charge is -2.15. The largest absolute Gasteiger partial charge is 0.377 e. The van der Waals surface area contributed by atoms with Crippen LogP contribution in [0.15, 0.2) is 34.2 Å². The van der Waals surface area contributed by atoms with E-state index in [1.165, 1.54) is 0 Å². The van der Waals surface area contributed by atoms with Crippen molar-refractivity contribution in [2.24, 2.45) is 4.99 Å². The second-order valence-electron chi connectivity index (χ2n) is 7.07. The Morgan fingerprint density at radius 2 is 1.66 bits per heavy atom. The van der Waals surface area contributed by atoms with E-state index in [2.05, 4.69) is 20.3 Å². The van der Waals surface area contributed by atoms with E-state index in [-0.39, 0.29) is 41.1 Å². The van der Waals surface area contributed by atoms with Gasteiger partial charge in [0.05, 0.1) is 17.1 Å². The summed E-state index contributed by atoms with van der Waals surface area (Å²) in [4.78, 5) is 4.46. The molecule has 2 fully saturated rings. The zero-order chi connectivity index (χ0) is 19.8. The van der Waals surface area contributed by atoms with Crippen molar-refractivity contribution >= 4 is 40.0 Å². The first-order valence-electron chi connectivity index (χ1n) is 9.83. The molecular weight excluding hydrogens is 507 g/mol. The summed E-state index contributed by atoms with van der Waals surface area (Å²) in [5.41, 5.74) is 0.971. The normalized spacial score (nSPS) is 22.3. The van der Waals surface area contributed by atoms with Gasteiger partial charge >= 0.3 is 0 Å². The molecule has 164 valence electrons. The van der Waals surface area contributed by atoms with E-state index in [0.717, 1.165) is 44.4 Å². The SMILES string of the molecule is CN=C(NCc1ccc(S(=O)(=O)NCC2CCCO2)cc1)NCC1CCCO1.I.